The maximum atomic E-state index is 12.9. The molecule has 3 aliphatic heterocycles. The molecule has 3 aliphatic rings. The summed E-state index contributed by atoms with van der Waals surface area (Å²) in [5.74, 6) is -0.401. The van der Waals surface area contributed by atoms with Crippen LogP contribution in [0.2, 0.25) is 0 Å². The first-order valence-corrected chi connectivity index (χ1v) is 12.1. The molecule has 30 heavy (non-hydrogen) atoms. The van der Waals surface area contributed by atoms with E-state index in [0.717, 1.165) is 30.5 Å². The first-order valence-electron chi connectivity index (χ1n) is 10.6. The van der Waals surface area contributed by atoms with Crippen molar-refractivity contribution in [3.05, 3.63) is 23.8 Å². The van der Waals surface area contributed by atoms with Crippen LogP contribution in [-0.2, 0) is 30.8 Å². The standard InChI is InChI=1S/C21H27N3O5S/c25-19(5-4-13-24-20(26)8-9-21(24)27)23-14-10-16-15-17(6-7-18(16)23)30(28,29)22-11-2-1-3-12-22/h6-7,15H,1-5,8-14H2. The molecular weight excluding hydrogens is 406 g/mol. The Balaban J connectivity index is 1.40. The van der Waals surface area contributed by atoms with Crippen molar-refractivity contribution in [3.63, 3.8) is 0 Å². The number of anilines is 1. The summed E-state index contributed by atoms with van der Waals surface area (Å²) in [5, 5.41) is 0. The third-order valence-electron chi connectivity index (χ3n) is 6.13. The van der Waals surface area contributed by atoms with E-state index in [4.69, 9.17) is 0 Å². The maximum absolute atomic E-state index is 12.9. The number of rotatable bonds is 6. The van der Waals surface area contributed by atoms with Gasteiger partial charge >= 0.3 is 0 Å². The zero-order valence-electron chi connectivity index (χ0n) is 17.0. The molecule has 1 aromatic carbocycles. The highest BCUT2D eigenvalue weighted by molar-refractivity contribution is 7.89. The molecule has 1 aromatic rings. The molecular formula is C21H27N3O5S. The van der Waals surface area contributed by atoms with Crippen LogP contribution in [-0.4, -0.2) is 61.5 Å². The molecule has 0 radical (unpaired) electrons. The molecule has 4 rings (SSSR count). The lowest BCUT2D eigenvalue weighted by atomic mass is 10.2. The van der Waals surface area contributed by atoms with Gasteiger partial charge in [0.25, 0.3) is 0 Å². The SMILES string of the molecule is O=C1CCC(=O)N1CCCC(=O)N1CCc2cc(S(=O)(=O)N3CCCCC3)ccc21. The molecule has 3 heterocycles. The van der Waals surface area contributed by atoms with E-state index >= 15 is 0 Å². The van der Waals surface area contributed by atoms with E-state index in [0.29, 0.717) is 37.4 Å². The second-order valence-corrected chi connectivity index (χ2v) is 10.0. The van der Waals surface area contributed by atoms with Gasteiger partial charge in [0.15, 0.2) is 0 Å². The van der Waals surface area contributed by atoms with Crippen LogP contribution in [0.3, 0.4) is 0 Å². The van der Waals surface area contributed by atoms with Gasteiger partial charge < -0.3 is 4.90 Å². The number of hydrogen-bond acceptors (Lipinski definition) is 5. The molecule has 0 spiro atoms. The summed E-state index contributed by atoms with van der Waals surface area (Å²) in [5.41, 5.74) is 1.62. The number of imide groups is 1. The number of nitrogens with zero attached hydrogens (tertiary/aromatic N) is 3. The van der Waals surface area contributed by atoms with Gasteiger partial charge in [0.05, 0.1) is 4.90 Å². The van der Waals surface area contributed by atoms with E-state index in [1.54, 1.807) is 27.4 Å². The lowest BCUT2D eigenvalue weighted by molar-refractivity contribution is -0.138. The van der Waals surface area contributed by atoms with Crippen molar-refractivity contribution in [2.75, 3.05) is 31.1 Å². The largest absolute Gasteiger partial charge is 0.312 e. The number of benzene rings is 1. The fraction of sp³-hybridized carbons (Fsp3) is 0.571. The van der Waals surface area contributed by atoms with Crippen LogP contribution < -0.4 is 4.90 Å². The Hall–Kier alpha value is -2.26. The number of piperidine rings is 1. The van der Waals surface area contributed by atoms with E-state index in [2.05, 4.69) is 0 Å². The minimum atomic E-state index is -3.49. The molecule has 0 atom stereocenters. The normalized spacial score (nSPS) is 20.1. The molecule has 2 fully saturated rings. The molecule has 9 heteroatoms. The first-order chi connectivity index (χ1) is 14.4. The topological polar surface area (TPSA) is 95.1 Å². The maximum Gasteiger partial charge on any atom is 0.243 e. The van der Waals surface area contributed by atoms with Crippen molar-refractivity contribution in [3.8, 4) is 0 Å². The minimum Gasteiger partial charge on any atom is -0.312 e. The molecule has 3 amide bonds. The number of fused-ring (bicyclic) bond motifs is 1. The van der Waals surface area contributed by atoms with Crippen LogP contribution in [0.5, 0.6) is 0 Å². The van der Waals surface area contributed by atoms with Crippen LogP contribution in [0.15, 0.2) is 23.1 Å². The Kier molecular flexibility index (Phi) is 5.92. The number of amides is 3. The average Bonchev–Trinajstić information content (AvgIpc) is 3.32. The summed E-state index contributed by atoms with van der Waals surface area (Å²) in [4.78, 5) is 39.2. The molecule has 0 bridgehead atoms. The minimum absolute atomic E-state index is 0.0699. The van der Waals surface area contributed by atoms with Gasteiger partial charge in [0, 0.05) is 51.1 Å². The van der Waals surface area contributed by atoms with E-state index in [-0.39, 0.29) is 43.5 Å². The van der Waals surface area contributed by atoms with Crippen molar-refractivity contribution in [2.24, 2.45) is 0 Å². The van der Waals surface area contributed by atoms with Gasteiger partial charge in [-0.25, -0.2) is 8.42 Å². The van der Waals surface area contributed by atoms with Crippen LogP contribution in [0, 0.1) is 0 Å². The van der Waals surface area contributed by atoms with E-state index in [9.17, 15) is 22.8 Å². The third-order valence-corrected chi connectivity index (χ3v) is 8.02. The van der Waals surface area contributed by atoms with Crippen LogP contribution in [0.25, 0.3) is 0 Å². The van der Waals surface area contributed by atoms with Gasteiger partial charge in [0.2, 0.25) is 27.7 Å². The van der Waals surface area contributed by atoms with Crippen molar-refractivity contribution >= 4 is 33.4 Å². The predicted octanol–water partition coefficient (Wildman–Crippen LogP) is 1.68. The number of sulfonamides is 1. The zero-order chi connectivity index (χ0) is 21.3. The van der Waals surface area contributed by atoms with Gasteiger partial charge in [-0.1, -0.05) is 6.42 Å². The van der Waals surface area contributed by atoms with Crippen molar-refractivity contribution in [1.29, 1.82) is 0 Å². The lowest BCUT2D eigenvalue weighted by Gasteiger charge is -2.26. The predicted molar refractivity (Wildman–Crippen MR) is 110 cm³/mol. The van der Waals surface area contributed by atoms with Gasteiger partial charge in [-0.3, -0.25) is 19.3 Å². The summed E-state index contributed by atoms with van der Waals surface area (Å²) in [6.07, 6.45) is 4.65. The Morgan fingerprint density at radius 3 is 2.33 bits per heavy atom. The first kappa shape index (κ1) is 21.0. The summed E-state index contributed by atoms with van der Waals surface area (Å²) in [6, 6.07) is 5.02. The van der Waals surface area contributed by atoms with Crippen molar-refractivity contribution in [2.45, 2.75) is 56.3 Å². The lowest BCUT2D eigenvalue weighted by Crippen LogP contribution is -2.35. The zero-order valence-corrected chi connectivity index (χ0v) is 17.8. The molecule has 0 saturated carbocycles. The number of likely N-dealkylation sites (tertiary alicyclic amines) is 1. The third kappa shape index (κ3) is 4.00. The molecule has 162 valence electrons. The summed E-state index contributed by atoms with van der Waals surface area (Å²) >= 11 is 0. The van der Waals surface area contributed by atoms with Crippen molar-refractivity contribution < 1.29 is 22.8 Å². The second-order valence-electron chi connectivity index (χ2n) is 8.09. The fourth-order valence-corrected chi connectivity index (χ4v) is 6.02. The average molecular weight is 434 g/mol. The van der Waals surface area contributed by atoms with Gasteiger partial charge in [-0.2, -0.15) is 4.31 Å². The monoisotopic (exact) mass is 433 g/mol. The molecule has 0 aromatic heterocycles. The number of hydrogen-bond donors (Lipinski definition) is 0. The smallest absolute Gasteiger partial charge is 0.243 e. The molecule has 2 saturated heterocycles. The summed E-state index contributed by atoms with van der Waals surface area (Å²) < 4.78 is 27.4. The highest BCUT2D eigenvalue weighted by Crippen LogP contribution is 2.32. The van der Waals surface area contributed by atoms with E-state index in [1.807, 2.05) is 0 Å². The second kappa shape index (κ2) is 8.47. The highest BCUT2D eigenvalue weighted by Gasteiger charge is 2.31. The van der Waals surface area contributed by atoms with E-state index < -0.39 is 10.0 Å². The van der Waals surface area contributed by atoms with Crippen LogP contribution in [0.1, 0.15) is 50.5 Å². The number of carbonyl (C=O) groups excluding carboxylic acids is 3. The Morgan fingerprint density at radius 1 is 0.933 bits per heavy atom. The van der Waals surface area contributed by atoms with Gasteiger partial charge in [-0.05, 0) is 49.4 Å². The molecule has 0 unspecified atom stereocenters. The quantitative estimate of drug-likeness (QED) is 0.636. The Bertz CT molecular complexity index is 953. The van der Waals surface area contributed by atoms with Crippen molar-refractivity contribution in [1.82, 2.24) is 9.21 Å². The Labute approximate surface area is 176 Å². The molecule has 8 nitrogen and oxygen atoms in total. The van der Waals surface area contributed by atoms with E-state index in [1.165, 1.54) is 4.90 Å². The fourth-order valence-electron chi connectivity index (χ4n) is 4.45. The summed E-state index contributed by atoms with van der Waals surface area (Å²) in [7, 11) is -3.49. The summed E-state index contributed by atoms with van der Waals surface area (Å²) in [6.45, 7) is 1.91. The van der Waals surface area contributed by atoms with Crippen LogP contribution >= 0.6 is 0 Å². The number of carbonyl (C=O) groups is 3. The van der Waals surface area contributed by atoms with Gasteiger partial charge in [0.1, 0.15) is 0 Å². The van der Waals surface area contributed by atoms with Crippen LogP contribution in [0.4, 0.5) is 5.69 Å². The molecule has 0 aliphatic carbocycles. The Morgan fingerprint density at radius 2 is 1.63 bits per heavy atom. The molecule has 0 N–H and O–H groups in total. The highest BCUT2D eigenvalue weighted by atomic mass is 32.2. The van der Waals surface area contributed by atoms with Gasteiger partial charge in [-0.15, -0.1) is 0 Å².